The molecule has 2 aromatic rings. The van der Waals surface area contributed by atoms with Crippen molar-refractivity contribution in [1.82, 2.24) is 19.4 Å². The van der Waals surface area contributed by atoms with E-state index in [1.165, 1.54) is 0 Å². The highest BCUT2D eigenvalue weighted by atomic mass is 16.1. The lowest BCUT2D eigenvalue weighted by Gasteiger charge is -2.09. The van der Waals surface area contributed by atoms with Crippen molar-refractivity contribution in [2.45, 2.75) is 12.5 Å². The molecule has 5 heteroatoms. The fraction of sp³-hybridized carbons (Fsp3) is 0.455. The van der Waals surface area contributed by atoms with Crippen LogP contribution in [0.2, 0.25) is 0 Å². The molecule has 2 aromatic heterocycles. The molecule has 1 fully saturated rings. The van der Waals surface area contributed by atoms with Gasteiger partial charge in [-0.2, -0.15) is 0 Å². The number of nitrogens with zero attached hydrogens (tertiary/aromatic N) is 3. The molecule has 84 valence electrons. The van der Waals surface area contributed by atoms with Gasteiger partial charge in [0.25, 0.3) is 0 Å². The highest BCUT2D eigenvalue weighted by Gasteiger charge is 2.22. The molecule has 16 heavy (non-hydrogen) atoms. The van der Waals surface area contributed by atoms with E-state index in [1.807, 2.05) is 16.7 Å². The van der Waals surface area contributed by atoms with E-state index in [0.717, 1.165) is 30.7 Å². The second-order valence-corrected chi connectivity index (χ2v) is 4.20. The van der Waals surface area contributed by atoms with Crippen molar-refractivity contribution in [3.05, 3.63) is 28.8 Å². The van der Waals surface area contributed by atoms with Crippen molar-refractivity contribution in [3.8, 4) is 0 Å². The number of nitrogens with one attached hydrogen (secondary N) is 1. The Morgan fingerprint density at radius 2 is 2.44 bits per heavy atom. The Bertz CT molecular complexity index is 577. The summed E-state index contributed by atoms with van der Waals surface area (Å²) in [6.45, 7) is 1.83. The zero-order chi connectivity index (χ0) is 11.1. The van der Waals surface area contributed by atoms with Crippen LogP contribution in [0.3, 0.4) is 0 Å². The molecule has 0 bridgehead atoms. The molecule has 3 heterocycles. The van der Waals surface area contributed by atoms with E-state index in [4.69, 9.17) is 0 Å². The largest absolute Gasteiger partial charge is 0.330 e. The lowest BCUT2D eigenvalue weighted by Crippen LogP contribution is -2.27. The maximum absolute atomic E-state index is 12.1. The van der Waals surface area contributed by atoms with E-state index in [2.05, 4.69) is 10.3 Å². The van der Waals surface area contributed by atoms with Crippen LogP contribution in [0.15, 0.2) is 23.1 Å². The van der Waals surface area contributed by atoms with Crippen molar-refractivity contribution in [2.24, 2.45) is 7.05 Å². The standard InChI is InChI=1S/C11H14N4O/c1-14-9-3-2-5-13-10(9)15(11(14)16)8-4-6-12-7-8/h2-3,5,8,12H,4,6-7H2,1H3. The summed E-state index contributed by atoms with van der Waals surface area (Å²) in [6, 6.07) is 4.04. The molecule has 0 radical (unpaired) electrons. The smallest absolute Gasteiger partial charge is 0.315 e. The molecule has 5 nitrogen and oxygen atoms in total. The van der Waals surface area contributed by atoms with Crippen LogP contribution in [0.1, 0.15) is 12.5 Å². The predicted molar refractivity (Wildman–Crippen MR) is 61.5 cm³/mol. The van der Waals surface area contributed by atoms with Gasteiger partial charge in [-0.15, -0.1) is 0 Å². The van der Waals surface area contributed by atoms with Crippen LogP contribution in [0.5, 0.6) is 0 Å². The van der Waals surface area contributed by atoms with Gasteiger partial charge in [-0.25, -0.2) is 9.78 Å². The minimum absolute atomic E-state index is 0.0300. The molecule has 0 amide bonds. The molecule has 0 aromatic carbocycles. The van der Waals surface area contributed by atoms with Crippen molar-refractivity contribution in [3.63, 3.8) is 0 Å². The van der Waals surface area contributed by atoms with Gasteiger partial charge in [0.15, 0.2) is 5.65 Å². The molecule has 1 N–H and O–H groups in total. The zero-order valence-corrected chi connectivity index (χ0v) is 9.18. The summed E-state index contributed by atoms with van der Waals surface area (Å²) in [6.07, 6.45) is 2.73. The van der Waals surface area contributed by atoms with Crippen LogP contribution in [0.4, 0.5) is 0 Å². The Morgan fingerprint density at radius 3 is 3.19 bits per heavy atom. The first-order valence-corrected chi connectivity index (χ1v) is 5.51. The second-order valence-electron chi connectivity index (χ2n) is 4.20. The Labute approximate surface area is 92.7 Å². The maximum Gasteiger partial charge on any atom is 0.330 e. The number of aromatic nitrogens is 3. The van der Waals surface area contributed by atoms with Gasteiger partial charge < -0.3 is 5.32 Å². The molecule has 1 aliphatic heterocycles. The topological polar surface area (TPSA) is 51.9 Å². The lowest BCUT2D eigenvalue weighted by atomic mass is 10.2. The van der Waals surface area contributed by atoms with Crippen LogP contribution in [-0.4, -0.2) is 27.2 Å². The number of pyridine rings is 1. The molecule has 0 spiro atoms. The fourth-order valence-corrected chi connectivity index (χ4v) is 2.38. The molecular formula is C11H14N4O. The van der Waals surface area contributed by atoms with E-state index in [9.17, 15) is 4.79 Å². The van der Waals surface area contributed by atoms with Crippen LogP contribution in [0, 0.1) is 0 Å². The Kier molecular flexibility index (Phi) is 2.07. The van der Waals surface area contributed by atoms with Crippen molar-refractivity contribution in [1.29, 1.82) is 0 Å². The second kappa shape index (κ2) is 3.45. The molecule has 1 saturated heterocycles. The van der Waals surface area contributed by atoms with Gasteiger partial charge >= 0.3 is 5.69 Å². The number of imidazole rings is 1. The number of hydrogen-bond donors (Lipinski definition) is 1. The Balaban J connectivity index is 2.30. The summed E-state index contributed by atoms with van der Waals surface area (Å²) < 4.78 is 3.48. The summed E-state index contributed by atoms with van der Waals surface area (Å²) in [5.74, 6) is 0. The quantitative estimate of drug-likeness (QED) is 0.747. The monoisotopic (exact) mass is 218 g/mol. The van der Waals surface area contributed by atoms with E-state index in [0.29, 0.717) is 0 Å². The van der Waals surface area contributed by atoms with Gasteiger partial charge in [-0.1, -0.05) is 0 Å². The maximum atomic E-state index is 12.1. The molecule has 1 unspecified atom stereocenters. The first kappa shape index (κ1) is 9.59. The van der Waals surface area contributed by atoms with E-state index in [1.54, 1.807) is 17.8 Å². The highest BCUT2D eigenvalue weighted by molar-refractivity contribution is 5.71. The number of hydrogen-bond acceptors (Lipinski definition) is 3. The number of rotatable bonds is 1. The Morgan fingerprint density at radius 1 is 1.56 bits per heavy atom. The molecule has 3 rings (SSSR count). The van der Waals surface area contributed by atoms with E-state index >= 15 is 0 Å². The van der Waals surface area contributed by atoms with Gasteiger partial charge in [0.1, 0.15) is 0 Å². The zero-order valence-electron chi connectivity index (χ0n) is 9.18. The summed E-state index contributed by atoms with van der Waals surface area (Å²) in [4.78, 5) is 16.5. The third kappa shape index (κ3) is 1.21. The minimum Gasteiger partial charge on any atom is -0.315 e. The van der Waals surface area contributed by atoms with Gasteiger partial charge in [-0.3, -0.25) is 9.13 Å². The fourth-order valence-electron chi connectivity index (χ4n) is 2.38. The highest BCUT2D eigenvalue weighted by Crippen LogP contribution is 2.18. The van der Waals surface area contributed by atoms with Gasteiger partial charge in [-0.05, 0) is 25.1 Å². The van der Waals surface area contributed by atoms with E-state index < -0.39 is 0 Å². The van der Waals surface area contributed by atoms with Crippen molar-refractivity contribution < 1.29 is 0 Å². The summed E-state index contributed by atoms with van der Waals surface area (Å²) >= 11 is 0. The number of aryl methyl sites for hydroxylation is 1. The molecule has 0 aliphatic carbocycles. The first-order chi connectivity index (χ1) is 7.79. The third-order valence-corrected chi connectivity index (χ3v) is 3.25. The van der Waals surface area contributed by atoms with Gasteiger partial charge in [0.05, 0.1) is 11.6 Å². The van der Waals surface area contributed by atoms with Crippen molar-refractivity contribution >= 4 is 11.2 Å². The Hall–Kier alpha value is -1.62. The summed E-state index contributed by atoms with van der Waals surface area (Å²) in [5, 5.41) is 3.28. The summed E-state index contributed by atoms with van der Waals surface area (Å²) in [5.41, 5.74) is 1.73. The number of fused-ring (bicyclic) bond motifs is 1. The average Bonchev–Trinajstić information content (AvgIpc) is 2.89. The minimum atomic E-state index is 0.0300. The molecule has 1 aliphatic rings. The van der Waals surface area contributed by atoms with Crippen LogP contribution < -0.4 is 11.0 Å². The summed E-state index contributed by atoms with van der Waals surface area (Å²) in [7, 11) is 1.80. The first-order valence-electron chi connectivity index (χ1n) is 5.51. The normalized spacial score (nSPS) is 20.7. The average molecular weight is 218 g/mol. The predicted octanol–water partition coefficient (Wildman–Crippen LogP) is 0.269. The van der Waals surface area contributed by atoms with Crippen LogP contribution in [0.25, 0.3) is 11.2 Å². The SMILES string of the molecule is Cn1c(=O)n(C2CCNC2)c2ncccc21. The third-order valence-electron chi connectivity index (χ3n) is 3.25. The van der Waals surface area contributed by atoms with E-state index in [-0.39, 0.29) is 11.7 Å². The molecule has 0 saturated carbocycles. The van der Waals surface area contributed by atoms with Crippen LogP contribution >= 0.6 is 0 Å². The van der Waals surface area contributed by atoms with Gasteiger partial charge in [0.2, 0.25) is 0 Å². The molecule has 1 atom stereocenters. The van der Waals surface area contributed by atoms with Crippen molar-refractivity contribution in [2.75, 3.05) is 13.1 Å². The van der Waals surface area contributed by atoms with Gasteiger partial charge in [0, 0.05) is 19.8 Å². The molecular weight excluding hydrogens is 204 g/mol. The van der Waals surface area contributed by atoms with Crippen LogP contribution in [-0.2, 0) is 7.05 Å². The lowest BCUT2D eigenvalue weighted by molar-refractivity contribution is 0.532.